The van der Waals surface area contributed by atoms with Crippen LogP contribution in [-0.4, -0.2) is 82.8 Å². The zero-order chi connectivity index (χ0) is 36.9. The molecule has 52 heavy (non-hydrogen) atoms. The fraction of sp³-hybridized carbons (Fsp3) is 0.471. The molecule has 274 valence electrons. The molecule has 3 atom stereocenters. The monoisotopic (exact) mass is 751 g/mol. The number of thiophene rings is 1. The van der Waals surface area contributed by atoms with Gasteiger partial charge in [-0.25, -0.2) is 8.78 Å². The van der Waals surface area contributed by atoms with Gasteiger partial charge in [-0.05, 0) is 43.5 Å². The Morgan fingerprint density at radius 2 is 1.88 bits per heavy atom. The third-order valence-corrected chi connectivity index (χ3v) is 11.8. The van der Waals surface area contributed by atoms with Gasteiger partial charge in [0.2, 0.25) is 5.91 Å². The summed E-state index contributed by atoms with van der Waals surface area (Å²) >= 11 is 0.533. The summed E-state index contributed by atoms with van der Waals surface area (Å²) in [6.45, 7) is 0.907. The number of hydrogen-bond donors (Lipinski definition) is 1. The van der Waals surface area contributed by atoms with Gasteiger partial charge >= 0.3 is 18.4 Å². The molecule has 6 heterocycles. The zero-order valence-electron chi connectivity index (χ0n) is 27.2. The highest BCUT2D eigenvalue weighted by Crippen LogP contribution is 2.52. The van der Waals surface area contributed by atoms with Gasteiger partial charge in [-0.1, -0.05) is 6.07 Å². The fourth-order valence-electron chi connectivity index (χ4n) is 8.53. The number of nitrogen functional groups attached to an aromatic ring is 1. The van der Waals surface area contributed by atoms with Gasteiger partial charge in [0, 0.05) is 61.4 Å². The van der Waals surface area contributed by atoms with Gasteiger partial charge in [0.25, 0.3) is 0 Å². The number of alkyl halides is 7. The van der Waals surface area contributed by atoms with Crippen molar-refractivity contribution in [2.24, 2.45) is 0 Å². The highest BCUT2D eigenvalue weighted by Gasteiger charge is 2.50. The third kappa shape index (κ3) is 5.46. The maximum absolute atomic E-state index is 15.5. The van der Waals surface area contributed by atoms with E-state index in [-0.39, 0.29) is 73.1 Å². The van der Waals surface area contributed by atoms with Crippen molar-refractivity contribution in [1.29, 1.82) is 5.26 Å². The normalized spacial score (nSPS) is 23.9. The first kappa shape index (κ1) is 34.6. The van der Waals surface area contributed by atoms with E-state index in [0.717, 1.165) is 18.6 Å². The van der Waals surface area contributed by atoms with Gasteiger partial charge < -0.3 is 20.3 Å². The number of hydrogen-bond acceptors (Lipinski definition) is 9. The molecule has 0 radical (unpaired) electrons. The van der Waals surface area contributed by atoms with Gasteiger partial charge in [0.15, 0.2) is 0 Å². The van der Waals surface area contributed by atoms with Crippen LogP contribution >= 0.6 is 11.3 Å². The molecule has 4 saturated heterocycles. The molecule has 8 rings (SSSR count). The van der Waals surface area contributed by atoms with Gasteiger partial charge in [-0.15, -0.1) is 11.3 Å². The van der Waals surface area contributed by atoms with E-state index in [2.05, 4.69) is 9.97 Å². The molecule has 4 fully saturated rings. The highest BCUT2D eigenvalue weighted by atomic mass is 32.1. The van der Waals surface area contributed by atoms with Crippen LogP contribution < -0.4 is 15.4 Å². The number of ether oxygens (including phenoxy) is 1. The Labute approximate surface area is 294 Å². The summed E-state index contributed by atoms with van der Waals surface area (Å²) in [6.07, 6.45) is -9.88. The molecule has 4 aliphatic heterocycles. The van der Waals surface area contributed by atoms with E-state index in [1.54, 1.807) is 11.0 Å². The summed E-state index contributed by atoms with van der Waals surface area (Å²) in [5.74, 6) is -1.32. The number of piperazine rings is 1. The Bertz CT molecular complexity index is 2180. The highest BCUT2D eigenvalue weighted by molar-refractivity contribution is 7.23. The Morgan fingerprint density at radius 3 is 2.62 bits per heavy atom. The Morgan fingerprint density at radius 1 is 1.10 bits per heavy atom. The van der Waals surface area contributed by atoms with Crippen LogP contribution in [-0.2, 0) is 17.1 Å². The van der Waals surface area contributed by atoms with Crippen LogP contribution in [0.1, 0.15) is 48.8 Å². The number of amides is 1. The number of benzene rings is 2. The number of fused-ring (bicyclic) bond motifs is 4. The summed E-state index contributed by atoms with van der Waals surface area (Å²) in [5.41, 5.74) is -1.77. The lowest BCUT2D eigenvalue weighted by atomic mass is 9.88. The van der Waals surface area contributed by atoms with E-state index in [1.165, 1.54) is 4.90 Å². The molecule has 0 bridgehead atoms. The average Bonchev–Trinajstić information content (AvgIpc) is 3.82. The van der Waals surface area contributed by atoms with Crippen molar-refractivity contribution >= 4 is 49.1 Å². The van der Waals surface area contributed by atoms with Crippen LogP contribution in [0.4, 0.5) is 45.9 Å². The van der Waals surface area contributed by atoms with Crippen LogP contribution in [0.3, 0.4) is 0 Å². The fourth-order valence-corrected chi connectivity index (χ4v) is 9.48. The molecular formula is C34H29F8N7O2S. The number of halogens is 8. The van der Waals surface area contributed by atoms with Gasteiger partial charge in [-0.3, -0.25) is 9.69 Å². The average molecular weight is 752 g/mol. The van der Waals surface area contributed by atoms with Crippen molar-refractivity contribution < 1.29 is 44.7 Å². The summed E-state index contributed by atoms with van der Waals surface area (Å²) in [7, 11) is 0. The molecule has 2 aromatic carbocycles. The van der Waals surface area contributed by atoms with E-state index in [0.29, 0.717) is 36.8 Å². The number of carbonyl (C=O) groups excluding carboxylic acids is 1. The molecule has 1 amide bonds. The van der Waals surface area contributed by atoms with E-state index in [4.69, 9.17) is 10.5 Å². The van der Waals surface area contributed by atoms with E-state index < -0.39 is 80.0 Å². The molecule has 4 aliphatic rings. The molecule has 0 spiro atoms. The second-order valence-corrected chi connectivity index (χ2v) is 14.8. The van der Waals surface area contributed by atoms with Crippen LogP contribution in [0, 0.1) is 17.1 Å². The van der Waals surface area contributed by atoms with Crippen LogP contribution in [0.15, 0.2) is 18.2 Å². The van der Waals surface area contributed by atoms with E-state index in [1.807, 2.05) is 4.90 Å². The van der Waals surface area contributed by atoms with Gasteiger partial charge in [0.05, 0.1) is 32.4 Å². The smallest absolute Gasteiger partial charge is 0.419 e. The topological polar surface area (TPSA) is 112 Å². The van der Waals surface area contributed by atoms with Crippen molar-refractivity contribution in [3.63, 3.8) is 0 Å². The van der Waals surface area contributed by atoms with E-state index >= 15 is 26.3 Å². The molecule has 0 aliphatic carbocycles. The SMILES string of the molecule is N#Cc1c(N)sc2c(F)ccc(-c3c(C(F)(F)F)cc4c(N5CCN6C(=O)CC[C@H]6C5)nc(OC[C@@]56CCCN5C[C@H](F)C6)nc4c3C(F)(F)F)c12. The molecular weight excluding hydrogens is 722 g/mol. The number of rotatable bonds is 5. The molecule has 2 aromatic heterocycles. The van der Waals surface area contributed by atoms with Crippen molar-refractivity contribution in [3.05, 3.63) is 40.7 Å². The summed E-state index contributed by atoms with van der Waals surface area (Å²) in [6, 6.07) is 2.86. The lowest BCUT2D eigenvalue weighted by molar-refractivity contribution is -0.141. The number of nitriles is 1. The first-order chi connectivity index (χ1) is 24.6. The minimum atomic E-state index is -5.49. The lowest BCUT2D eigenvalue weighted by Crippen LogP contribution is -2.51. The maximum atomic E-state index is 15.5. The number of aromatic nitrogens is 2. The first-order valence-electron chi connectivity index (χ1n) is 16.6. The Hall–Kier alpha value is -4.50. The largest absolute Gasteiger partial charge is 0.461 e. The van der Waals surface area contributed by atoms with Crippen molar-refractivity contribution in [2.45, 2.75) is 62.2 Å². The van der Waals surface area contributed by atoms with Crippen molar-refractivity contribution in [1.82, 2.24) is 19.8 Å². The number of carbonyl (C=O) groups is 1. The quantitative estimate of drug-likeness (QED) is 0.219. The minimum absolute atomic E-state index is 0.0534. The number of nitrogens with zero attached hydrogens (tertiary/aromatic N) is 6. The van der Waals surface area contributed by atoms with Crippen LogP contribution in [0.25, 0.3) is 32.1 Å². The first-order valence-corrected chi connectivity index (χ1v) is 17.4. The summed E-state index contributed by atoms with van der Waals surface area (Å²) in [4.78, 5) is 26.1. The van der Waals surface area contributed by atoms with E-state index in [9.17, 15) is 18.8 Å². The maximum Gasteiger partial charge on any atom is 0.419 e. The zero-order valence-corrected chi connectivity index (χ0v) is 28.0. The van der Waals surface area contributed by atoms with Crippen molar-refractivity contribution in [3.8, 4) is 23.2 Å². The number of anilines is 2. The third-order valence-electron chi connectivity index (χ3n) is 10.8. The molecule has 0 saturated carbocycles. The van der Waals surface area contributed by atoms with Gasteiger partial charge in [-0.2, -0.15) is 41.6 Å². The lowest BCUT2D eigenvalue weighted by Gasteiger charge is -2.38. The van der Waals surface area contributed by atoms with Crippen molar-refractivity contribution in [2.75, 3.05) is 50.0 Å². The second-order valence-electron chi connectivity index (χ2n) is 13.7. The standard InChI is InChI=1S/C34H29F8N7O2S/c35-16-11-32(6-1-7-48(32)13-16)15-51-31-45-27-19(30(46-31)47-8-9-49-17(14-47)2-5-23(49)50)10-21(33(37,38)39)25(26(27)34(40,41)42)18-3-4-22(36)28-24(18)20(12-43)29(44)52-28/h3-4,10,16-17H,1-2,5-9,11,13-15,44H2/t16-,17+,32+/m1/s1. The predicted octanol–water partition coefficient (Wildman–Crippen LogP) is 6.91. The predicted molar refractivity (Wildman–Crippen MR) is 175 cm³/mol. The van der Waals surface area contributed by atoms with Crippen LogP contribution in [0.2, 0.25) is 0 Å². The summed E-state index contributed by atoms with van der Waals surface area (Å²) in [5, 5.41) is 8.51. The molecule has 18 heteroatoms. The molecule has 4 aromatic rings. The Kier molecular flexibility index (Phi) is 7.99. The molecule has 0 unspecified atom stereocenters. The Balaban J connectivity index is 1.40. The van der Waals surface area contributed by atoms with Crippen LogP contribution in [0.5, 0.6) is 6.01 Å². The molecule has 2 N–H and O–H groups in total. The molecule has 9 nitrogen and oxygen atoms in total. The number of nitrogens with two attached hydrogens (primary N) is 1. The second kappa shape index (κ2) is 12.0. The van der Waals surface area contributed by atoms with Gasteiger partial charge in [0.1, 0.15) is 35.5 Å². The minimum Gasteiger partial charge on any atom is -0.461 e. The summed E-state index contributed by atoms with van der Waals surface area (Å²) < 4.78 is 127.